The zero-order valence-corrected chi connectivity index (χ0v) is 13.2. The summed E-state index contributed by atoms with van der Waals surface area (Å²) in [5.41, 5.74) is 0. The molecule has 0 aromatic heterocycles. The Balaban J connectivity index is 1.90. The van der Waals surface area contributed by atoms with Crippen molar-refractivity contribution in [3.05, 3.63) is 0 Å². The van der Waals surface area contributed by atoms with Crippen molar-refractivity contribution in [2.24, 2.45) is 0 Å². The minimum absolute atomic E-state index is 0.143. The van der Waals surface area contributed by atoms with Gasteiger partial charge in [-0.2, -0.15) is 0 Å². The largest absolute Gasteiger partial charge is 0.393 e. The summed E-state index contributed by atoms with van der Waals surface area (Å²) in [6.07, 6.45) is 14.3. The molecule has 118 valence electrons. The molecule has 1 amide bonds. The highest BCUT2D eigenvalue weighted by atomic mass is 16.3. The van der Waals surface area contributed by atoms with Gasteiger partial charge in [0.15, 0.2) is 0 Å². The van der Waals surface area contributed by atoms with Crippen LogP contribution in [-0.2, 0) is 4.79 Å². The van der Waals surface area contributed by atoms with Crippen molar-refractivity contribution in [3.63, 3.8) is 0 Å². The van der Waals surface area contributed by atoms with Crippen LogP contribution in [0.1, 0.15) is 90.4 Å². The first-order valence-electron chi connectivity index (χ1n) is 8.69. The Morgan fingerprint density at radius 2 is 1.50 bits per heavy atom. The fourth-order valence-electron chi connectivity index (χ4n) is 2.94. The van der Waals surface area contributed by atoms with Crippen molar-refractivity contribution in [1.82, 2.24) is 5.32 Å². The molecular formula is C17H33NO2. The Morgan fingerprint density at radius 3 is 2.10 bits per heavy atom. The van der Waals surface area contributed by atoms with Gasteiger partial charge in [0.1, 0.15) is 0 Å². The van der Waals surface area contributed by atoms with E-state index < -0.39 is 0 Å². The number of aliphatic hydroxyl groups excluding tert-OH is 1. The average Bonchev–Trinajstić information content (AvgIpc) is 2.44. The van der Waals surface area contributed by atoms with E-state index in [0.717, 1.165) is 32.1 Å². The van der Waals surface area contributed by atoms with Gasteiger partial charge >= 0.3 is 0 Å². The first-order chi connectivity index (χ1) is 9.72. The predicted octanol–water partition coefficient (Wildman–Crippen LogP) is 3.94. The van der Waals surface area contributed by atoms with Gasteiger partial charge in [0, 0.05) is 12.5 Å². The molecule has 2 N–H and O–H groups in total. The van der Waals surface area contributed by atoms with Gasteiger partial charge in [-0.15, -0.1) is 0 Å². The molecule has 0 aromatic carbocycles. The highest BCUT2D eigenvalue weighted by Crippen LogP contribution is 2.18. The number of unbranched alkanes of at least 4 members (excludes halogenated alkanes) is 7. The number of rotatable bonds is 10. The topological polar surface area (TPSA) is 49.3 Å². The summed E-state index contributed by atoms with van der Waals surface area (Å²) in [7, 11) is 0. The SMILES string of the molecule is CCCCCCCCCCC(=O)NC1CCC(O)CC1. The molecule has 0 saturated heterocycles. The molecule has 0 atom stereocenters. The smallest absolute Gasteiger partial charge is 0.220 e. The first-order valence-corrected chi connectivity index (χ1v) is 8.69. The van der Waals surface area contributed by atoms with Crippen molar-refractivity contribution in [2.75, 3.05) is 0 Å². The molecule has 0 bridgehead atoms. The van der Waals surface area contributed by atoms with Crippen LogP contribution in [0, 0.1) is 0 Å². The van der Waals surface area contributed by atoms with Crippen LogP contribution in [0.5, 0.6) is 0 Å². The van der Waals surface area contributed by atoms with E-state index in [1.165, 1.54) is 44.9 Å². The predicted molar refractivity (Wildman–Crippen MR) is 83.6 cm³/mol. The zero-order chi connectivity index (χ0) is 14.6. The molecule has 0 radical (unpaired) electrons. The third-order valence-electron chi connectivity index (χ3n) is 4.32. The van der Waals surface area contributed by atoms with Gasteiger partial charge in [-0.3, -0.25) is 4.79 Å². The maximum atomic E-state index is 11.8. The highest BCUT2D eigenvalue weighted by molar-refractivity contribution is 5.76. The molecule has 1 fully saturated rings. The van der Waals surface area contributed by atoms with E-state index in [1.807, 2.05) is 0 Å². The van der Waals surface area contributed by atoms with E-state index >= 15 is 0 Å². The van der Waals surface area contributed by atoms with E-state index in [2.05, 4.69) is 12.2 Å². The van der Waals surface area contributed by atoms with Crippen molar-refractivity contribution < 1.29 is 9.90 Å². The van der Waals surface area contributed by atoms with Crippen molar-refractivity contribution >= 4 is 5.91 Å². The Labute approximate surface area is 124 Å². The normalized spacial score (nSPS) is 22.7. The first kappa shape index (κ1) is 17.5. The van der Waals surface area contributed by atoms with Crippen LogP contribution in [0.25, 0.3) is 0 Å². The molecule has 0 unspecified atom stereocenters. The molecule has 3 heteroatoms. The molecule has 1 aliphatic rings. The van der Waals surface area contributed by atoms with Gasteiger partial charge in [-0.1, -0.05) is 51.9 Å². The molecule has 3 nitrogen and oxygen atoms in total. The van der Waals surface area contributed by atoms with Crippen molar-refractivity contribution in [2.45, 2.75) is 103 Å². The number of hydrogen-bond donors (Lipinski definition) is 2. The number of nitrogens with one attached hydrogen (secondary N) is 1. The summed E-state index contributed by atoms with van der Waals surface area (Å²) < 4.78 is 0. The summed E-state index contributed by atoms with van der Waals surface area (Å²) in [5, 5.41) is 12.5. The Hall–Kier alpha value is -0.570. The summed E-state index contributed by atoms with van der Waals surface area (Å²) in [5.74, 6) is 0.206. The van der Waals surface area contributed by atoms with Gasteiger partial charge in [-0.05, 0) is 32.1 Å². The van der Waals surface area contributed by atoms with E-state index in [-0.39, 0.29) is 12.0 Å². The lowest BCUT2D eigenvalue weighted by atomic mass is 9.93. The van der Waals surface area contributed by atoms with Gasteiger partial charge in [0.05, 0.1) is 6.10 Å². The molecule has 20 heavy (non-hydrogen) atoms. The van der Waals surface area contributed by atoms with Crippen molar-refractivity contribution in [1.29, 1.82) is 0 Å². The van der Waals surface area contributed by atoms with Crippen LogP contribution in [0.2, 0.25) is 0 Å². The lowest BCUT2D eigenvalue weighted by molar-refractivity contribution is -0.122. The molecular weight excluding hydrogens is 250 g/mol. The monoisotopic (exact) mass is 283 g/mol. The van der Waals surface area contributed by atoms with E-state index in [0.29, 0.717) is 12.5 Å². The third-order valence-corrected chi connectivity index (χ3v) is 4.32. The van der Waals surface area contributed by atoms with Crippen LogP contribution in [0.3, 0.4) is 0 Å². The minimum Gasteiger partial charge on any atom is -0.393 e. The Bertz CT molecular complexity index is 247. The summed E-state index contributed by atoms with van der Waals surface area (Å²) in [4.78, 5) is 11.8. The van der Waals surface area contributed by atoms with Gasteiger partial charge < -0.3 is 10.4 Å². The van der Waals surface area contributed by atoms with Gasteiger partial charge in [0.25, 0.3) is 0 Å². The van der Waals surface area contributed by atoms with Gasteiger partial charge in [-0.25, -0.2) is 0 Å². The number of carbonyl (C=O) groups excluding carboxylic acids is 1. The number of carbonyl (C=O) groups is 1. The van der Waals surface area contributed by atoms with Gasteiger partial charge in [0.2, 0.25) is 5.91 Å². The van der Waals surface area contributed by atoms with Crippen LogP contribution >= 0.6 is 0 Å². The van der Waals surface area contributed by atoms with E-state index in [9.17, 15) is 9.90 Å². The molecule has 1 aliphatic carbocycles. The van der Waals surface area contributed by atoms with Crippen LogP contribution in [0.4, 0.5) is 0 Å². The summed E-state index contributed by atoms with van der Waals surface area (Å²) >= 11 is 0. The van der Waals surface area contributed by atoms with E-state index in [4.69, 9.17) is 0 Å². The molecule has 1 saturated carbocycles. The number of amides is 1. The standard InChI is InChI=1S/C17H33NO2/c1-2-3-4-5-6-7-8-9-10-17(20)18-15-11-13-16(19)14-12-15/h15-16,19H,2-14H2,1H3,(H,18,20). The highest BCUT2D eigenvalue weighted by Gasteiger charge is 2.20. The fraction of sp³-hybridized carbons (Fsp3) is 0.941. The minimum atomic E-state index is -0.143. The quantitative estimate of drug-likeness (QED) is 0.597. The lowest BCUT2D eigenvalue weighted by Gasteiger charge is -2.26. The average molecular weight is 283 g/mol. The Kier molecular flexibility index (Phi) is 9.73. The second kappa shape index (κ2) is 11.1. The molecule has 0 heterocycles. The molecule has 0 spiro atoms. The molecule has 1 rings (SSSR count). The summed E-state index contributed by atoms with van der Waals surface area (Å²) in [6.45, 7) is 2.24. The lowest BCUT2D eigenvalue weighted by Crippen LogP contribution is -2.38. The Morgan fingerprint density at radius 1 is 0.950 bits per heavy atom. The van der Waals surface area contributed by atoms with E-state index in [1.54, 1.807) is 0 Å². The maximum absolute atomic E-state index is 11.8. The zero-order valence-electron chi connectivity index (χ0n) is 13.2. The number of aliphatic hydroxyl groups is 1. The number of hydrogen-bond acceptors (Lipinski definition) is 2. The van der Waals surface area contributed by atoms with Crippen LogP contribution < -0.4 is 5.32 Å². The van der Waals surface area contributed by atoms with Crippen LogP contribution in [-0.4, -0.2) is 23.2 Å². The third kappa shape index (κ3) is 8.57. The fourth-order valence-corrected chi connectivity index (χ4v) is 2.94. The summed E-state index contributed by atoms with van der Waals surface area (Å²) in [6, 6.07) is 0.306. The maximum Gasteiger partial charge on any atom is 0.220 e. The van der Waals surface area contributed by atoms with Crippen LogP contribution in [0.15, 0.2) is 0 Å². The second-order valence-corrected chi connectivity index (χ2v) is 6.30. The molecule has 0 aromatic rings. The van der Waals surface area contributed by atoms with Crippen molar-refractivity contribution in [3.8, 4) is 0 Å². The second-order valence-electron chi connectivity index (χ2n) is 6.30. The molecule has 0 aliphatic heterocycles.